The lowest BCUT2D eigenvalue weighted by atomic mass is 9.96. The third-order valence-electron chi connectivity index (χ3n) is 9.09. The van der Waals surface area contributed by atoms with Gasteiger partial charge in [0.15, 0.2) is 0 Å². The minimum Gasteiger partial charge on any atom is -0.387 e. The van der Waals surface area contributed by atoms with Crippen molar-refractivity contribution in [2.45, 2.75) is 101 Å². The molecule has 4 unspecified atom stereocenters. The second-order valence-corrected chi connectivity index (χ2v) is 11.4. The molecule has 4 aliphatic rings. The maximum absolute atomic E-state index is 10.7. The van der Waals surface area contributed by atoms with Crippen LogP contribution >= 0.6 is 0 Å². The quantitative estimate of drug-likeness (QED) is 0.521. The van der Waals surface area contributed by atoms with E-state index in [4.69, 9.17) is 0 Å². The summed E-state index contributed by atoms with van der Waals surface area (Å²) in [5.41, 5.74) is 5.05. The minimum absolute atomic E-state index is 0.290. The zero-order valence-electron chi connectivity index (χ0n) is 22.0. The Labute approximate surface area is 218 Å². The van der Waals surface area contributed by atoms with Crippen LogP contribution in [-0.2, 0) is 12.8 Å². The number of aryl methyl sites for hydroxylation is 2. The topological polar surface area (TPSA) is 46.9 Å². The van der Waals surface area contributed by atoms with Gasteiger partial charge in [0.1, 0.15) is 0 Å². The predicted octanol–water partition coefficient (Wildman–Crippen LogP) is 5.82. The Balaban J connectivity index is 0.000000148. The number of nitrogens with zero attached hydrogens (tertiary/aromatic N) is 2. The molecule has 196 valence electrons. The van der Waals surface area contributed by atoms with E-state index in [-0.39, 0.29) is 12.2 Å². The molecule has 0 saturated carbocycles. The third kappa shape index (κ3) is 6.05. The molecule has 2 aliphatic carbocycles. The molecule has 0 amide bonds. The van der Waals surface area contributed by atoms with Gasteiger partial charge in [0.25, 0.3) is 0 Å². The van der Waals surface area contributed by atoms with Crippen LogP contribution in [0.15, 0.2) is 48.5 Å². The zero-order chi connectivity index (χ0) is 24.7. The summed E-state index contributed by atoms with van der Waals surface area (Å²) in [4.78, 5) is 5.05. The maximum Gasteiger partial charge on any atom is 0.0947 e. The summed E-state index contributed by atoms with van der Waals surface area (Å²) in [6.07, 6.45) is 14.2. The van der Waals surface area contributed by atoms with E-state index >= 15 is 0 Å². The molecule has 2 N–H and O–H groups in total. The van der Waals surface area contributed by atoms with Crippen LogP contribution in [-0.4, -0.2) is 58.3 Å². The van der Waals surface area contributed by atoms with Crippen LogP contribution in [0.25, 0.3) is 0 Å². The fourth-order valence-corrected chi connectivity index (χ4v) is 7.10. The first-order chi connectivity index (χ1) is 17.7. The summed E-state index contributed by atoms with van der Waals surface area (Å²) in [5.74, 6) is 0. The summed E-state index contributed by atoms with van der Waals surface area (Å²) < 4.78 is 0. The summed E-state index contributed by atoms with van der Waals surface area (Å²) in [7, 11) is 0. The van der Waals surface area contributed by atoms with Crippen molar-refractivity contribution in [3.8, 4) is 0 Å². The molecule has 2 fully saturated rings. The van der Waals surface area contributed by atoms with E-state index in [2.05, 4.69) is 58.3 Å². The smallest absolute Gasteiger partial charge is 0.0947 e. The summed E-state index contributed by atoms with van der Waals surface area (Å²) in [6.45, 7) is 4.68. The number of aliphatic hydroxyl groups is 2. The van der Waals surface area contributed by atoms with Crippen molar-refractivity contribution in [1.29, 1.82) is 0 Å². The summed E-state index contributed by atoms with van der Waals surface area (Å²) >= 11 is 0. The highest BCUT2D eigenvalue weighted by molar-refractivity contribution is 5.32. The lowest BCUT2D eigenvalue weighted by Gasteiger charge is -2.36. The number of likely N-dealkylation sites (tertiary alicyclic amines) is 2. The molecule has 4 atom stereocenters. The molecular weight excluding hydrogens is 444 g/mol. The third-order valence-corrected chi connectivity index (χ3v) is 9.09. The second-order valence-electron chi connectivity index (χ2n) is 11.4. The van der Waals surface area contributed by atoms with Crippen molar-refractivity contribution in [2.24, 2.45) is 0 Å². The van der Waals surface area contributed by atoms with Crippen molar-refractivity contribution in [1.82, 2.24) is 9.80 Å². The van der Waals surface area contributed by atoms with Gasteiger partial charge in [0.2, 0.25) is 0 Å². The fourth-order valence-electron chi connectivity index (χ4n) is 7.10. The van der Waals surface area contributed by atoms with Crippen molar-refractivity contribution >= 4 is 0 Å². The molecule has 0 radical (unpaired) electrons. The van der Waals surface area contributed by atoms with E-state index in [0.717, 1.165) is 25.7 Å². The monoisotopic (exact) mass is 490 g/mol. The molecule has 0 spiro atoms. The Morgan fingerprint density at radius 1 is 0.500 bits per heavy atom. The number of hydrogen-bond donors (Lipinski definition) is 2. The predicted molar refractivity (Wildman–Crippen MR) is 147 cm³/mol. The van der Waals surface area contributed by atoms with Gasteiger partial charge >= 0.3 is 0 Å². The highest BCUT2D eigenvalue weighted by atomic mass is 16.3. The van der Waals surface area contributed by atoms with Gasteiger partial charge in [-0.2, -0.15) is 0 Å². The zero-order valence-corrected chi connectivity index (χ0v) is 22.0. The lowest BCUT2D eigenvalue weighted by molar-refractivity contribution is 0.0341. The molecule has 36 heavy (non-hydrogen) atoms. The van der Waals surface area contributed by atoms with Gasteiger partial charge < -0.3 is 10.2 Å². The number of rotatable bonds is 2. The van der Waals surface area contributed by atoms with Crippen LogP contribution in [0.2, 0.25) is 0 Å². The first-order valence-corrected chi connectivity index (χ1v) is 14.7. The van der Waals surface area contributed by atoms with Crippen molar-refractivity contribution in [3.05, 3.63) is 70.8 Å². The SMILES string of the molecule is OC1c2ccccc2CCCC1N1CCCCC1.OC1c2ccccc2CCCC1N1CCCCC1. The Bertz CT molecular complexity index is 873. The van der Waals surface area contributed by atoms with Crippen LogP contribution in [0.1, 0.15) is 98.7 Å². The Hall–Kier alpha value is -1.72. The molecule has 2 aromatic rings. The van der Waals surface area contributed by atoms with Gasteiger partial charge in [-0.05, 0) is 113 Å². The minimum atomic E-state index is -0.290. The largest absolute Gasteiger partial charge is 0.387 e. The van der Waals surface area contributed by atoms with E-state index in [1.807, 2.05) is 0 Å². The average molecular weight is 491 g/mol. The van der Waals surface area contributed by atoms with Crippen LogP contribution < -0.4 is 0 Å². The molecule has 4 heteroatoms. The number of aliphatic hydroxyl groups excluding tert-OH is 2. The Kier molecular flexibility index (Phi) is 9.13. The number of benzene rings is 2. The van der Waals surface area contributed by atoms with Gasteiger partial charge in [0.05, 0.1) is 12.2 Å². The lowest BCUT2D eigenvalue weighted by Crippen LogP contribution is -2.42. The van der Waals surface area contributed by atoms with Crippen LogP contribution in [0, 0.1) is 0 Å². The molecule has 0 aromatic heterocycles. The summed E-state index contributed by atoms with van der Waals surface area (Å²) in [5, 5.41) is 21.4. The standard InChI is InChI=1S/2C16H23NO/c2*18-16-14-9-3-2-7-13(14)8-6-10-15(16)17-11-4-1-5-12-17/h2*2-3,7,9,15-16,18H,1,4-6,8,10-12H2. The van der Waals surface area contributed by atoms with Crippen LogP contribution in [0.5, 0.6) is 0 Å². The molecule has 6 rings (SSSR count). The van der Waals surface area contributed by atoms with E-state index in [0.29, 0.717) is 12.1 Å². The summed E-state index contributed by atoms with van der Waals surface area (Å²) in [6, 6.07) is 17.6. The van der Waals surface area contributed by atoms with Crippen LogP contribution in [0.4, 0.5) is 0 Å². The maximum atomic E-state index is 10.7. The van der Waals surface area contributed by atoms with Gasteiger partial charge in [-0.1, -0.05) is 61.4 Å². The van der Waals surface area contributed by atoms with Crippen molar-refractivity contribution in [3.63, 3.8) is 0 Å². The number of hydrogen-bond acceptors (Lipinski definition) is 4. The second kappa shape index (κ2) is 12.7. The first kappa shape index (κ1) is 25.9. The fraction of sp³-hybridized carbons (Fsp3) is 0.625. The molecule has 0 bridgehead atoms. The van der Waals surface area contributed by atoms with Gasteiger partial charge in [0, 0.05) is 12.1 Å². The van der Waals surface area contributed by atoms with Gasteiger partial charge in [-0.25, -0.2) is 0 Å². The number of fused-ring (bicyclic) bond motifs is 2. The highest BCUT2D eigenvalue weighted by Gasteiger charge is 2.32. The van der Waals surface area contributed by atoms with Crippen molar-refractivity contribution in [2.75, 3.05) is 26.2 Å². The Morgan fingerprint density at radius 2 is 0.889 bits per heavy atom. The molecule has 2 aliphatic heterocycles. The molecule has 2 saturated heterocycles. The Morgan fingerprint density at radius 3 is 1.31 bits per heavy atom. The number of piperidine rings is 2. The first-order valence-electron chi connectivity index (χ1n) is 14.7. The molecule has 2 heterocycles. The van der Waals surface area contributed by atoms with Gasteiger partial charge in [-0.3, -0.25) is 9.80 Å². The normalized spacial score (nSPS) is 29.6. The van der Waals surface area contributed by atoms with E-state index < -0.39 is 0 Å². The molecule has 2 aromatic carbocycles. The van der Waals surface area contributed by atoms with Gasteiger partial charge in [-0.15, -0.1) is 0 Å². The molecule has 4 nitrogen and oxygen atoms in total. The van der Waals surface area contributed by atoms with E-state index in [1.54, 1.807) is 0 Å². The average Bonchev–Trinajstić information content (AvgIpc) is 3.22. The highest BCUT2D eigenvalue weighted by Crippen LogP contribution is 2.34. The molecular formula is C32H46N2O2. The van der Waals surface area contributed by atoms with Crippen molar-refractivity contribution < 1.29 is 10.2 Å². The van der Waals surface area contributed by atoms with Crippen LogP contribution in [0.3, 0.4) is 0 Å². The van der Waals surface area contributed by atoms with E-state index in [1.165, 1.54) is 99.8 Å². The van der Waals surface area contributed by atoms with E-state index in [9.17, 15) is 10.2 Å².